The van der Waals surface area contributed by atoms with Gasteiger partial charge in [-0.1, -0.05) is 0 Å². The van der Waals surface area contributed by atoms with Crippen LogP contribution in [0.4, 0.5) is 0 Å². The van der Waals surface area contributed by atoms with Crippen molar-refractivity contribution in [2.24, 2.45) is 0 Å². The van der Waals surface area contributed by atoms with Gasteiger partial charge in [0.25, 0.3) is 0 Å². The quantitative estimate of drug-likeness (QED) is 0.339. The van der Waals surface area contributed by atoms with E-state index < -0.39 is 0 Å². The molecule has 0 rings (SSSR count). The maximum atomic E-state index is 0. The van der Waals surface area contributed by atoms with E-state index >= 15 is 0 Å². The largest absolute Gasteiger partial charge is 4.00 e. The fourth-order valence-corrected chi connectivity index (χ4v) is 0. The zero-order chi connectivity index (χ0) is 0. The van der Waals surface area contributed by atoms with Crippen molar-refractivity contribution in [1.82, 2.24) is 0 Å². The summed E-state index contributed by atoms with van der Waals surface area (Å²) in [6.07, 6.45) is 0. The Morgan fingerprint density at radius 2 is 0.286 bits per heavy atom. The van der Waals surface area contributed by atoms with E-state index in [0.29, 0.717) is 0 Å². The predicted molar refractivity (Wildman–Crippen MR) is 62.2 cm³/mol. The molecule has 6 N–H and O–H groups in total. The first-order valence-corrected chi connectivity index (χ1v) is 0. The Kier molecular flexibility index (Phi) is 25100. The molecule has 0 spiro atoms. The van der Waals surface area contributed by atoms with Crippen LogP contribution < -0.4 is 0 Å². The van der Waals surface area contributed by atoms with Crippen LogP contribution in [0, 0.1) is 95.0 Å². The van der Waals surface area contributed by atoms with Crippen molar-refractivity contribution in [2.45, 2.75) is 0 Å². The first-order chi connectivity index (χ1) is 0. The molecule has 0 aliphatic rings. The molecule has 6 heteroatoms. The van der Waals surface area contributed by atoms with Gasteiger partial charge in [0.15, 0.2) is 0 Å². The van der Waals surface area contributed by atoms with Crippen LogP contribution in [0.3, 0.4) is 0 Å². The predicted octanol–water partition coefficient (Wildman–Crippen LogP) is 1.12. The third-order valence-electron chi connectivity index (χ3n) is 0. The van der Waals surface area contributed by atoms with Crippen LogP contribution in [0.5, 0.6) is 0 Å². The molecule has 0 bridgehead atoms. The summed E-state index contributed by atoms with van der Waals surface area (Å²) in [6.45, 7) is 0. The molecule has 14 heavy (non-hydrogen) atoms. The molecule has 0 amide bonds. The Bertz CT molecular complexity index is 22.5. The van der Waals surface area contributed by atoms with Crippen molar-refractivity contribution in [2.75, 3.05) is 0 Å². The van der Waals surface area contributed by atoms with Gasteiger partial charge in [0, 0.05) is 35.6 Å². The molecule has 103 valence electrons. The van der Waals surface area contributed by atoms with Gasteiger partial charge in [0.1, 0.15) is 0 Å². The second-order valence-electron chi connectivity index (χ2n) is 0. The van der Waals surface area contributed by atoms with E-state index in [1.807, 2.05) is 0 Å². The third-order valence-corrected chi connectivity index (χ3v) is 0. The molecule has 0 atom stereocenters. The maximum absolute atomic E-state index is 0. The van der Waals surface area contributed by atoms with Gasteiger partial charge in [-0.05, 0) is 0 Å². The summed E-state index contributed by atoms with van der Waals surface area (Å²) in [4.78, 5) is 0. The van der Waals surface area contributed by atoms with E-state index in [2.05, 4.69) is 0 Å². The molecular weight excluding hydrogens is 673 g/mol. The zero-order valence-electron chi connectivity index (χ0n) is 10.7. The van der Waals surface area contributed by atoms with Crippen molar-refractivity contribution in [3.8, 4) is 0 Å². The van der Waals surface area contributed by atoms with Crippen LogP contribution in [0.25, 0.3) is 0 Å². The third kappa shape index (κ3) is 435. The fraction of sp³-hybridized carbons (Fsp3) is 0. The normalized spacial score (nSPS) is 0. The summed E-state index contributed by atoms with van der Waals surface area (Å²) in [5.74, 6) is 0. The van der Waals surface area contributed by atoms with Crippen LogP contribution in [-0.4, -0.2) is 16.4 Å². The first kappa shape index (κ1) is 654. The Hall–Kier alpha value is 2.45. The van der Waals surface area contributed by atoms with E-state index in [1.165, 1.54) is 0 Å². The van der Waals surface area contributed by atoms with E-state index in [9.17, 15) is 0 Å². The molecule has 0 unspecified atom stereocenters. The molecular formula is C8H30LaO3Pt2. The number of rotatable bonds is 0. The van der Waals surface area contributed by atoms with Gasteiger partial charge in [-0.15, -0.1) is 0 Å². The summed E-state index contributed by atoms with van der Waals surface area (Å²) in [5.41, 5.74) is 0. The molecule has 0 aromatic heterocycles. The van der Waals surface area contributed by atoms with Crippen LogP contribution >= 0.6 is 0 Å². The molecule has 0 saturated heterocycles. The average molecular weight is 703 g/mol. The first-order valence-electron chi connectivity index (χ1n) is 0. The topological polar surface area (TPSA) is 94.5 Å². The van der Waals surface area contributed by atoms with Gasteiger partial charge < -0.3 is 75.8 Å². The van der Waals surface area contributed by atoms with Crippen molar-refractivity contribution >= 4 is 0 Å². The van der Waals surface area contributed by atoms with Gasteiger partial charge in [-0.3, -0.25) is 0 Å². The Morgan fingerprint density at radius 3 is 0.286 bits per heavy atom. The molecule has 0 aliphatic heterocycles. The summed E-state index contributed by atoms with van der Waals surface area (Å²) < 4.78 is 0. The molecule has 0 aromatic rings. The molecule has 3 nitrogen and oxygen atoms in total. The van der Waals surface area contributed by atoms with Gasteiger partial charge in [0.2, 0.25) is 0 Å². The number of hydrogen-bond donors (Lipinski definition) is 0. The van der Waals surface area contributed by atoms with Gasteiger partial charge in [0.05, 0.1) is 0 Å². The Labute approximate surface area is 152 Å². The molecule has 0 aromatic carbocycles. The monoisotopic (exact) mass is 703 g/mol. The molecule has 1 radical (unpaired) electrons. The van der Waals surface area contributed by atoms with E-state index in [-0.39, 0.29) is 154 Å². The van der Waals surface area contributed by atoms with Crippen molar-refractivity contribution in [3.05, 3.63) is 59.4 Å². The summed E-state index contributed by atoms with van der Waals surface area (Å²) in [7, 11) is 0. The second-order valence-corrected chi connectivity index (χ2v) is 0. The number of hydrogen-bond acceptors (Lipinski definition) is 0. The van der Waals surface area contributed by atoms with E-state index in [1.54, 1.807) is 0 Å². The smallest absolute Gasteiger partial charge is 0.412 e. The van der Waals surface area contributed by atoms with E-state index in [0.717, 1.165) is 0 Å². The SMILES string of the molecule is O.O.O.[CH3-].[CH3-].[CH3-].[CH3-].[CH3-].[CH3-].[CH3-].[CH3-].[La].[Pt+4].[Pt+4]. The Balaban J connectivity index is 0. The minimum atomic E-state index is 0. The van der Waals surface area contributed by atoms with Gasteiger partial charge in [-0.25, -0.2) is 0 Å². The zero-order valence-corrected chi connectivity index (χ0v) is 18.9. The summed E-state index contributed by atoms with van der Waals surface area (Å²) in [5, 5.41) is 0. The minimum absolute atomic E-state index is 0. The van der Waals surface area contributed by atoms with Crippen LogP contribution in [0.1, 0.15) is 0 Å². The molecule has 0 saturated carbocycles. The fourth-order valence-electron chi connectivity index (χ4n) is 0. The van der Waals surface area contributed by atoms with Crippen molar-refractivity contribution < 1.29 is 94.2 Å². The van der Waals surface area contributed by atoms with Crippen LogP contribution in [-0.2, 0) is 42.1 Å². The van der Waals surface area contributed by atoms with Crippen LogP contribution in [0.2, 0.25) is 0 Å². The summed E-state index contributed by atoms with van der Waals surface area (Å²) >= 11 is 0. The standard InChI is InChI=1S/8CH3.La.3H2O.2Pt/h8*1H3;;3*1H2;;/q8*-1;;;;;2*+4. The Morgan fingerprint density at radius 1 is 0.286 bits per heavy atom. The van der Waals surface area contributed by atoms with Crippen molar-refractivity contribution in [1.29, 1.82) is 0 Å². The van der Waals surface area contributed by atoms with Gasteiger partial charge in [-0.2, -0.15) is 0 Å². The summed E-state index contributed by atoms with van der Waals surface area (Å²) in [6, 6.07) is 0. The van der Waals surface area contributed by atoms with Crippen LogP contribution in [0.15, 0.2) is 0 Å². The molecule has 0 heterocycles. The van der Waals surface area contributed by atoms with Crippen molar-refractivity contribution in [3.63, 3.8) is 0 Å². The minimum Gasteiger partial charge on any atom is -0.412 e. The average Bonchev–Trinajstić information content (AvgIpc) is 0. The molecule has 0 aliphatic carbocycles. The van der Waals surface area contributed by atoms with Gasteiger partial charge >= 0.3 is 42.1 Å². The van der Waals surface area contributed by atoms with E-state index in [4.69, 9.17) is 0 Å². The second kappa shape index (κ2) is 537. The maximum Gasteiger partial charge on any atom is 4.00 e. The molecule has 0 fully saturated rings.